The molecule has 2 fully saturated rings. The Morgan fingerprint density at radius 3 is 2.58 bits per heavy atom. The number of carbonyl (C=O) groups excluding carboxylic acids is 1. The minimum atomic E-state index is -0.497. The van der Waals surface area contributed by atoms with E-state index in [-0.39, 0.29) is 23.4 Å². The molecule has 3 atom stereocenters. The van der Waals surface area contributed by atoms with Crippen molar-refractivity contribution in [2.24, 2.45) is 23.5 Å². The molecule has 0 radical (unpaired) electrons. The van der Waals surface area contributed by atoms with Crippen LogP contribution < -0.4 is 11.1 Å². The summed E-state index contributed by atoms with van der Waals surface area (Å²) in [7, 11) is 0. The van der Waals surface area contributed by atoms with Gasteiger partial charge < -0.3 is 11.1 Å². The molecule has 2 aliphatic carbocycles. The van der Waals surface area contributed by atoms with Crippen LogP contribution in [-0.2, 0) is 4.79 Å². The summed E-state index contributed by atoms with van der Waals surface area (Å²) in [5.41, 5.74) is 6.50. The summed E-state index contributed by atoms with van der Waals surface area (Å²) in [6.07, 6.45) is 5.53. The van der Waals surface area contributed by atoms with Gasteiger partial charge in [0.1, 0.15) is 11.6 Å². The first-order chi connectivity index (χ1) is 11.5. The van der Waals surface area contributed by atoms with Crippen LogP contribution in [0.4, 0.5) is 8.78 Å². The van der Waals surface area contributed by atoms with Gasteiger partial charge >= 0.3 is 0 Å². The minimum absolute atomic E-state index is 0.0469. The second kappa shape index (κ2) is 7.18. The highest BCUT2D eigenvalue weighted by atomic mass is 19.1. The van der Waals surface area contributed by atoms with Gasteiger partial charge in [-0.3, -0.25) is 4.79 Å². The second-order valence-electron chi connectivity index (χ2n) is 7.33. The van der Waals surface area contributed by atoms with Crippen LogP contribution in [0.2, 0.25) is 0 Å². The molecule has 3 N–H and O–H groups in total. The largest absolute Gasteiger partial charge is 0.349 e. The summed E-state index contributed by atoms with van der Waals surface area (Å²) < 4.78 is 27.4. The first-order valence-corrected chi connectivity index (χ1v) is 9.00. The molecule has 3 rings (SSSR count). The summed E-state index contributed by atoms with van der Waals surface area (Å²) in [5.74, 6) is -0.248. The Hall–Kier alpha value is -1.49. The number of nitrogens with two attached hydrogens (primary N) is 1. The Labute approximate surface area is 142 Å². The van der Waals surface area contributed by atoms with Crippen molar-refractivity contribution in [2.45, 2.75) is 57.5 Å². The first kappa shape index (κ1) is 17.3. The molecule has 0 aliphatic heterocycles. The van der Waals surface area contributed by atoms with Crippen LogP contribution in [0.5, 0.6) is 0 Å². The smallest absolute Gasteiger partial charge is 0.223 e. The minimum Gasteiger partial charge on any atom is -0.349 e. The Balaban J connectivity index is 1.70. The van der Waals surface area contributed by atoms with Gasteiger partial charge in [-0.2, -0.15) is 0 Å². The molecule has 0 spiro atoms. The normalized spacial score (nSPS) is 30.7. The quantitative estimate of drug-likeness (QED) is 0.881. The molecular formula is C19H26F2N2O. The zero-order valence-corrected chi connectivity index (χ0v) is 14.1. The SMILES string of the molecule is CCC(NC(=O)C1CC2CCCC(C1)C2N)c1cc(F)ccc1F. The summed E-state index contributed by atoms with van der Waals surface area (Å²) in [4.78, 5) is 12.7. The highest BCUT2D eigenvalue weighted by Gasteiger charge is 2.40. The number of nitrogens with one attached hydrogen (secondary N) is 1. The van der Waals surface area contributed by atoms with Gasteiger partial charge in [-0.05, 0) is 62.1 Å². The average Bonchev–Trinajstić information content (AvgIpc) is 2.54. The predicted octanol–water partition coefficient (Wildman–Crippen LogP) is 3.69. The van der Waals surface area contributed by atoms with Gasteiger partial charge in [0, 0.05) is 17.5 Å². The fourth-order valence-corrected chi connectivity index (χ4v) is 4.47. The number of amides is 1. The standard InChI is InChI=1S/C19H26F2N2O/c1-2-17(15-10-14(20)6-7-16(15)21)23-19(24)13-8-11-4-3-5-12(9-13)18(11)22/h6-7,10-13,17-18H,2-5,8-9,22H2,1H3,(H,23,24). The van der Waals surface area contributed by atoms with Gasteiger partial charge in [0.05, 0.1) is 6.04 Å². The molecule has 0 aromatic heterocycles. The van der Waals surface area contributed by atoms with E-state index in [0.29, 0.717) is 18.3 Å². The summed E-state index contributed by atoms with van der Waals surface area (Å²) >= 11 is 0. The number of fused-ring (bicyclic) bond motifs is 2. The maximum Gasteiger partial charge on any atom is 0.223 e. The van der Waals surface area contributed by atoms with Crippen molar-refractivity contribution in [3.8, 4) is 0 Å². The van der Waals surface area contributed by atoms with E-state index in [4.69, 9.17) is 5.73 Å². The third-order valence-corrected chi connectivity index (χ3v) is 5.84. The van der Waals surface area contributed by atoms with Crippen molar-refractivity contribution >= 4 is 5.91 Å². The van der Waals surface area contributed by atoms with Crippen molar-refractivity contribution in [3.63, 3.8) is 0 Å². The maximum absolute atomic E-state index is 14.0. The van der Waals surface area contributed by atoms with Crippen LogP contribution in [0.15, 0.2) is 18.2 Å². The van der Waals surface area contributed by atoms with Crippen molar-refractivity contribution in [3.05, 3.63) is 35.4 Å². The lowest BCUT2D eigenvalue weighted by Gasteiger charge is -2.43. The highest BCUT2D eigenvalue weighted by Crippen LogP contribution is 2.42. The van der Waals surface area contributed by atoms with Crippen molar-refractivity contribution < 1.29 is 13.6 Å². The lowest BCUT2D eigenvalue weighted by atomic mass is 9.65. The fourth-order valence-electron chi connectivity index (χ4n) is 4.47. The number of hydrogen-bond acceptors (Lipinski definition) is 2. The van der Waals surface area contributed by atoms with Gasteiger partial charge in [0.15, 0.2) is 0 Å². The van der Waals surface area contributed by atoms with Crippen molar-refractivity contribution in [1.82, 2.24) is 5.32 Å². The molecule has 0 heterocycles. The van der Waals surface area contributed by atoms with Gasteiger partial charge in [-0.15, -0.1) is 0 Å². The molecule has 132 valence electrons. The summed E-state index contributed by atoms with van der Waals surface area (Å²) in [6, 6.07) is 3.10. The van der Waals surface area contributed by atoms with Crippen LogP contribution in [0.25, 0.3) is 0 Å². The molecule has 3 nitrogen and oxygen atoms in total. The Morgan fingerprint density at radius 1 is 1.29 bits per heavy atom. The van der Waals surface area contributed by atoms with E-state index in [1.165, 1.54) is 12.5 Å². The third kappa shape index (κ3) is 3.46. The summed E-state index contributed by atoms with van der Waals surface area (Å²) in [6.45, 7) is 1.86. The van der Waals surface area contributed by atoms with Gasteiger partial charge in [-0.1, -0.05) is 13.3 Å². The zero-order chi connectivity index (χ0) is 17.3. The fraction of sp³-hybridized carbons (Fsp3) is 0.632. The first-order valence-electron chi connectivity index (χ1n) is 9.00. The van der Waals surface area contributed by atoms with E-state index in [9.17, 15) is 13.6 Å². The van der Waals surface area contributed by atoms with E-state index in [1.54, 1.807) is 0 Å². The molecule has 2 aliphatic rings. The topological polar surface area (TPSA) is 55.1 Å². The lowest BCUT2D eigenvalue weighted by molar-refractivity contribution is -0.128. The van der Waals surface area contributed by atoms with Gasteiger partial charge in [-0.25, -0.2) is 8.78 Å². The van der Waals surface area contributed by atoms with Crippen molar-refractivity contribution in [1.29, 1.82) is 0 Å². The number of hydrogen-bond donors (Lipinski definition) is 2. The summed E-state index contributed by atoms with van der Waals surface area (Å²) in [5, 5.41) is 2.94. The Morgan fingerprint density at radius 2 is 1.96 bits per heavy atom. The van der Waals surface area contributed by atoms with Crippen LogP contribution in [-0.4, -0.2) is 11.9 Å². The van der Waals surface area contributed by atoms with Crippen molar-refractivity contribution in [2.75, 3.05) is 0 Å². The molecule has 1 aromatic rings. The Kier molecular flexibility index (Phi) is 5.18. The lowest BCUT2D eigenvalue weighted by Crippen LogP contribution is -2.49. The van der Waals surface area contributed by atoms with Crippen LogP contribution in [0, 0.1) is 29.4 Å². The molecule has 2 saturated carbocycles. The molecule has 1 aromatic carbocycles. The molecule has 3 unspecified atom stereocenters. The number of halogens is 2. The van der Waals surface area contributed by atoms with E-state index >= 15 is 0 Å². The number of benzene rings is 1. The van der Waals surface area contributed by atoms with E-state index in [1.807, 2.05) is 6.92 Å². The third-order valence-electron chi connectivity index (χ3n) is 5.84. The van der Waals surface area contributed by atoms with Gasteiger partial charge in [0.2, 0.25) is 5.91 Å². The average molecular weight is 336 g/mol. The molecule has 0 saturated heterocycles. The Bertz CT molecular complexity index is 593. The zero-order valence-electron chi connectivity index (χ0n) is 14.1. The number of rotatable bonds is 4. The second-order valence-corrected chi connectivity index (χ2v) is 7.33. The molecular weight excluding hydrogens is 310 g/mol. The molecule has 5 heteroatoms. The van der Waals surface area contributed by atoms with Crippen LogP contribution in [0.3, 0.4) is 0 Å². The highest BCUT2D eigenvalue weighted by molar-refractivity contribution is 5.79. The van der Waals surface area contributed by atoms with Crippen LogP contribution in [0.1, 0.15) is 57.1 Å². The van der Waals surface area contributed by atoms with Crippen LogP contribution >= 0.6 is 0 Å². The molecule has 2 bridgehead atoms. The predicted molar refractivity (Wildman–Crippen MR) is 89.1 cm³/mol. The molecule has 1 amide bonds. The van der Waals surface area contributed by atoms with E-state index in [2.05, 4.69) is 5.32 Å². The number of carbonyl (C=O) groups is 1. The van der Waals surface area contributed by atoms with Gasteiger partial charge in [0.25, 0.3) is 0 Å². The molecule has 24 heavy (non-hydrogen) atoms. The van der Waals surface area contributed by atoms with E-state index < -0.39 is 17.7 Å². The van der Waals surface area contributed by atoms with E-state index in [0.717, 1.165) is 37.8 Å². The monoisotopic (exact) mass is 336 g/mol. The maximum atomic E-state index is 14.0.